The molecule has 0 spiro atoms. The van der Waals surface area contributed by atoms with Crippen LogP contribution in [0.5, 0.6) is 0 Å². The monoisotopic (exact) mass is 562 g/mol. The number of aromatic nitrogens is 6. The Kier molecular flexibility index (Phi) is 7.05. The second-order valence-electron chi connectivity index (χ2n) is 10.4. The van der Waals surface area contributed by atoms with Crippen molar-refractivity contribution < 1.29 is 13.2 Å². The van der Waals surface area contributed by atoms with Gasteiger partial charge < -0.3 is 10.6 Å². The Morgan fingerprint density at radius 1 is 0.975 bits per heavy atom. The van der Waals surface area contributed by atoms with Crippen LogP contribution in [0, 0.1) is 5.92 Å². The summed E-state index contributed by atoms with van der Waals surface area (Å²) in [5.74, 6) is 1.32. The van der Waals surface area contributed by atoms with Crippen LogP contribution in [0.25, 0.3) is 11.0 Å². The van der Waals surface area contributed by atoms with E-state index in [0.717, 1.165) is 23.5 Å². The lowest BCUT2D eigenvalue weighted by Crippen LogP contribution is -2.28. The lowest BCUT2D eigenvalue weighted by atomic mass is 9.89. The number of anilines is 2. The van der Waals surface area contributed by atoms with E-state index in [0.29, 0.717) is 34.4 Å². The smallest absolute Gasteiger partial charge is 0.284 e. The highest BCUT2D eigenvalue weighted by molar-refractivity contribution is 7.89. The van der Waals surface area contributed by atoms with Crippen molar-refractivity contribution in [3.8, 4) is 0 Å². The van der Waals surface area contributed by atoms with Gasteiger partial charge in [-0.3, -0.25) is 14.2 Å². The molecule has 2 aliphatic carbocycles. The van der Waals surface area contributed by atoms with Crippen molar-refractivity contribution in [1.82, 2.24) is 28.7 Å². The SMILES string of the molecule is O=C(Cn1c(=O)ccc2cnc(NCC3CCCCC3)nc21)Nc1ccc(S(=O)(=O)n2cnc(C3CC3)n2)cc1. The number of nitrogens with zero attached hydrogens (tertiary/aromatic N) is 6. The Labute approximate surface area is 230 Å². The van der Waals surface area contributed by atoms with Crippen molar-refractivity contribution >= 4 is 38.6 Å². The quantitative estimate of drug-likeness (QED) is 0.313. The topological polar surface area (TPSA) is 154 Å². The number of nitrogens with one attached hydrogen (secondary N) is 2. The molecule has 1 amide bonds. The summed E-state index contributed by atoms with van der Waals surface area (Å²) in [6.45, 7) is 0.506. The first kappa shape index (κ1) is 26.1. The maximum atomic E-state index is 12.9. The normalized spacial score (nSPS) is 16.2. The Morgan fingerprint density at radius 2 is 1.75 bits per heavy atom. The molecule has 12 nitrogen and oxygen atoms in total. The highest BCUT2D eigenvalue weighted by Gasteiger charge is 2.29. The zero-order valence-electron chi connectivity index (χ0n) is 21.9. The van der Waals surface area contributed by atoms with Gasteiger partial charge in [-0.15, -0.1) is 9.19 Å². The van der Waals surface area contributed by atoms with E-state index in [4.69, 9.17) is 0 Å². The molecule has 2 aliphatic rings. The fourth-order valence-corrected chi connectivity index (χ4v) is 6.06. The van der Waals surface area contributed by atoms with Crippen LogP contribution in [0.15, 0.2) is 58.6 Å². The van der Waals surface area contributed by atoms with Crippen molar-refractivity contribution in [3.05, 3.63) is 65.1 Å². The second kappa shape index (κ2) is 10.8. The summed E-state index contributed by atoms with van der Waals surface area (Å²) in [4.78, 5) is 38.6. The predicted molar refractivity (Wildman–Crippen MR) is 149 cm³/mol. The number of amides is 1. The fourth-order valence-electron chi connectivity index (χ4n) is 5.00. The van der Waals surface area contributed by atoms with Gasteiger partial charge in [0.25, 0.3) is 15.6 Å². The van der Waals surface area contributed by atoms with E-state index < -0.39 is 15.9 Å². The Balaban J connectivity index is 1.14. The molecule has 40 heavy (non-hydrogen) atoms. The standard InChI is InChI=1S/C27H30N8O4S/c36-23(31-21-9-11-22(12-10-21)40(38,39)35-17-30-25(33-35)19-6-7-19)16-34-24(37)13-8-20-15-29-27(32-26(20)34)28-14-18-4-2-1-3-5-18/h8-13,15,17-19H,1-7,14,16H2,(H,31,36)(H,28,29,32). The van der Waals surface area contributed by atoms with Crippen LogP contribution in [0.2, 0.25) is 0 Å². The molecule has 0 aliphatic heterocycles. The van der Waals surface area contributed by atoms with Crippen LogP contribution in [-0.4, -0.2) is 49.6 Å². The van der Waals surface area contributed by atoms with Crippen molar-refractivity contribution in [2.24, 2.45) is 5.92 Å². The third kappa shape index (κ3) is 5.60. The van der Waals surface area contributed by atoms with Crippen LogP contribution in [0.4, 0.5) is 11.6 Å². The van der Waals surface area contributed by atoms with Crippen molar-refractivity contribution in [3.63, 3.8) is 0 Å². The molecular formula is C27H30N8O4S. The van der Waals surface area contributed by atoms with Gasteiger partial charge in [-0.05, 0) is 61.9 Å². The Hall–Kier alpha value is -4.13. The predicted octanol–water partition coefficient (Wildman–Crippen LogP) is 3.13. The van der Waals surface area contributed by atoms with E-state index in [1.54, 1.807) is 12.3 Å². The number of carbonyl (C=O) groups is 1. The minimum Gasteiger partial charge on any atom is -0.354 e. The minimum atomic E-state index is -3.90. The molecule has 2 saturated carbocycles. The molecule has 3 aromatic heterocycles. The summed E-state index contributed by atoms with van der Waals surface area (Å²) in [6, 6.07) is 8.79. The molecule has 1 aromatic carbocycles. The number of rotatable bonds is 9. The van der Waals surface area contributed by atoms with Crippen LogP contribution in [-0.2, 0) is 21.4 Å². The molecular weight excluding hydrogens is 532 g/mol. The number of hydrogen-bond acceptors (Lipinski definition) is 9. The summed E-state index contributed by atoms with van der Waals surface area (Å²) in [6.07, 6.45) is 10.9. The number of pyridine rings is 1. The summed E-state index contributed by atoms with van der Waals surface area (Å²) in [5, 5.41) is 10.8. The number of hydrogen-bond donors (Lipinski definition) is 2. The van der Waals surface area contributed by atoms with Gasteiger partial charge in [0.15, 0.2) is 5.82 Å². The average molecular weight is 563 g/mol. The molecule has 0 bridgehead atoms. The van der Waals surface area contributed by atoms with Crippen LogP contribution in [0.1, 0.15) is 56.7 Å². The second-order valence-corrected chi connectivity index (χ2v) is 12.2. The third-order valence-corrected chi connectivity index (χ3v) is 8.95. The van der Waals surface area contributed by atoms with Gasteiger partial charge in [-0.1, -0.05) is 19.3 Å². The largest absolute Gasteiger partial charge is 0.354 e. The molecule has 2 fully saturated rings. The maximum absolute atomic E-state index is 12.9. The van der Waals surface area contributed by atoms with Gasteiger partial charge in [0.1, 0.15) is 18.5 Å². The molecule has 0 unspecified atom stereocenters. The van der Waals surface area contributed by atoms with Crippen LogP contribution < -0.4 is 16.2 Å². The molecule has 0 atom stereocenters. The molecule has 13 heteroatoms. The molecule has 208 valence electrons. The van der Waals surface area contributed by atoms with E-state index >= 15 is 0 Å². The first-order valence-corrected chi connectivity index (χ1v) is 15.0. The van der Waals surface area contributed by atoms with E-state index in [9.17, 15) is 18.0 Å². The highest BCUT2D eigenvalue weighted by atomic mass is 32.2. The van der Waals surface area contributed by atoms with Gasteiger partial charge in [-0.2, -0.15) is 13.4 Å². The Morgan fingerprint density at radius 3 is 2.50 bits per heavy atom. The molecule has 4 aromatic rings. The first-order valence-electron chi connectivity index (χ1n) is 13.5. The zero-order valence-corrected chi connectivity index (χ0v) is 22.7. The number of fused-ring (bicyclic) bond motifs is 1. The summed E-state index contributed by atoms with van der Waals surface area (Å²) in [7, 11) is -3.90. The van der Waals surface area contributed by atoms with Crippen molar-refractivity contribution in [2.45, 2.75) is 62.3 Å². The van der Waals surface area contributed by atoms with Gasteiger partial charge in [-0.25, -0.2) is 9.97 Å². The van der Waals surface area contributed by atoms with Crippen LogP contribution in [0.3, 0.4) is 0 Å². The summed E-state index contributed by atoms with van der Waals surface area (Å²) in [5.41, 5.74) is 0.391. The number of benzene rings is 1. The lowest BCUT2D eigenvalue weighted by molar-refractivity contribution is -0.116. The van der Waals surface area contributed by atoms with E-state index in [1.807, 2.05) is 0 Å². The van der Waals surface area contributed by atoms with E-state index in [1.165, 1.54) is 73.3 Å². The lowest BCUT2D eigenvalue weighted by Gasteiger charge is -2.21. The molecule has 6 rings (SSSR count). The molecule has 0 saturated heterocycles. The van der Waals surface area contributed by atoms with Gasteiger partial charge in [0.2, 0.25) is 11.9 Å². The van der Waals surface area contributed by atoms with E-state index in [2.05, 4.69) is 30.7 Å². The first-order chi connectivity index (χ1) is 19.4. The van der Waals surface area contributed by atoms with Crippen LogP contribution >= 0.6 is 0 Å². The summed E-state index contributed by atoms with van der Waals surface area (Å²) < 4.78 is 28.0. The van der Waals surface area contributed by atoms with E-state index in [-0.39, 0.29) is 22.9 Å². The highest BCUT2D eigenvalue weighted by Crippen LogP contribution is 2.37. The van der Waals surface area contributed by atoms with Crippen molar-refractivity contribution in [1.29, 1.82) is 0 Å². The molecule has 0 radical (unpaired) electrons. The summed E-state index contributed by atoms with van der Waals surface area (Å²) >= 11 is 0. The molecule has 3 heterocycles. The van der Waals surface area contributed by atoms with Gasteiger partial charge >= 0.3 is 0 Å². The Bertz CT molecular complexity index is 1700. The maximum Gasteiger partial charge on any atom is 0.284 e. The fraction of sp³-hybridized carbons (Fsp3) is 0.407. The third-order valence-electron chi connectivity index (χ3n) is 7.41. The van der Waals surface area contributed by atoms with Gasteiger partial charge in [0.05, 0.1) is 4.90 Å². The molecule has 2 N–H and O–H groups in total. The number of carbonyl (C=O) groups excluding carboxylic acids is 1. The van der Waals surface area contributed by atoms with Gasteiger partial charge in [0, 0.05) is 35.8 Å². The average Bonchev–Trinajstić information content (AvgIpc) is 3.69. The van der Waals surface area contributed by atoms with Crippen molar-refractivity contribution in [2.75, 3.05) is 17.2 Å². The zero-order chi connectivity index (χ0) is 27.7. The minimum absolute atomic E-state index is 0.0213.